The first-order valence-corrected chi connectivity index (χ1v) is 8.79. The van der Waals surface area contributed by atoms with Crippen LogP contribution in [-0.2, 0) is 0 Å². The van der Waals surface area contributed by atoms with Crippen LogP contribution >= 0.6 is 0 Å². The summed E-state index contributed by atoms with van der Waals surface area (Å²) < 4.78 is 1.89. The second-order valence-electron chi connectivity index (χ2n) is 6.51. The zero-order valence-corrected chi connectivity index (χ0v) is 14.3. The molecule has 0 radical (unpaired) electrons. The van der Waals surface area contributed by atoms with Crippen LogP contribution in [0.15, 0.2) is 65.7 Å². The van der Waals surface area contributed by atoms with Gasteiger partial charge in [-0.1, -0.05) is 30.3 Å². The van der Waals surface area contributed by atoms with E-state index in [9.17, 15) is 9.59 Å². The Balaban J connectivity index is 1.55. The van der Waals surface area contributed by atoms with Crippen LogP contribution in [0.1, 0.15) is 29.2 Å². The SMILES string of the molecule is O=C(c1ccc(-c2ccccc2)[nH]c1=O)N1CCC[C@@H](n2cccn2)C1. The molecule has 1 fully saturated rings. The lowest BCUT2D eigenvalue weighted by Gasteiger charge is -2.32. The number of pyridine rings is 1. The molecule has 132 valence electrons. The van der Waals surface area contributed by atoms with E-state index in [1.165, 1.54) is 0 Å². The van der Waals surface area contributed by atoms with E-state index in [2.05, 4.69) is 10.1 Å². The number of aromatic amines is 1. The van der Waals surface area contributed by atoms with Crippen molar-refractivity contribution in [3.05, 3.63) is 76.8 Å². The average molecular weight is 348 g/mol. The summed E-state index contributed by atoms with van der Waals surface area (Å²) in [4.78, 5) is 29.9. The lowest BCUT2D eigenvalue weighted by molar-refractivity contribution is 0.0671. The average Bonchev–Trinajstić information content (AvgIpc) is 3.23. The number of nitrogens with one attached hydrogen (secondary N) is 1. The van der Waals surface area contributed by atoms with Crippen molar-refractivity contribution in [2.45, 2.75) is 18.9 Å². The molecule has 1 amide bonds. The maximum atomic E-state index is 12.9. The lowest BCUT2D eigenvalue weighted by Crippen LogP contribution is -2.42. The van der Waals surface area contributed by atoms with Crippen LogP contribution in [0.3, 0.4) is 0 Å². The minimum atomic E-state index is -0.349. The summed E-state index contributed by atoms with van der Waals surface area (Å²) in [5.41, 5.74) is 1.46. The quantitative estimate of drug-likeness (QED) is 0.791. The number of carbonyl (C=O) groups is 1. The van der Waals surface area contributed by atoms with Crippen molar-refractivity contribution in [2.24, 2.45) is 0 Å². The predicted molar refractivity (Wildman–Crippen MR) is 98.9 cm³/mol. The number of H-pyrrole nitrogens is 1. The molecule has 0 bridgehead atoms. The Morgan fingerprint density at radius 2 is 1.96 bits per heavy atom. The zero-order chi connectivity index (χ0) is 17.9. The summed E-state index contributed by atoms with van der Waals surface area (Å²) in [5, 5.41) is 4.28. The van der Waals surface area contributed by atoms with E-state index in [1.54, 1.807) is 23.2 Å². The first-order valence-electron chi connectivity index (χ1n) is 8.79. The first-order chi connectivity index (χ1) is 12.7. The third-order valence-electron chi connectivity index (χ3n) is 4.81. The highest BCUT2D eigenvalue weighted by molar-refractivity contribution is 5.94. The van der Waals surface area contributed by atoms with Crippen LogP contribution in [0.5, 0.6) is 0 Å². The Morgan fingerprint density at radius 3 is 2.69 bits per heavy atom. The molecular formula is C20H20N4O2. The normalized spacial score (nSPS) is 17.2. The molecule has 1 N–H and O–H groups in total. The molecule has 26 heavy (non-hydrogen) atoms. The number of benzene rings is 1. The minimum absolute atomic E-state index is 0.158. The molecular weight excluding hydrogens is 328 g/mol. The molecule has 6 nitrogen and oxygen atoms in total. The van der Waals surface area contributed by atoms with Crippen molar-refractivity contribution in [3.8, 4) is 11.3 Å². The Hall–Kier alpha value is -3.15. The third kappa shape index (κ3) is 3.18. The number of hydrogen-bond acceptors (Lipinski definition) is 3. The molecule has 3 aromatic rings. The molecule has 0 unspecified atom stereocenters. The van der Waals surface area contributed by atoms with Crippen molar-refractivity contribution >= 4 is 5.91 Å². The number of nitrogens with zero attached hydrogens (tertiary/aromatic N) is 3. The molecule has 1 aliphatic heterocycles. The minimum Gasteiger partial charge on any atom is -0.336 e. The number of carbonyl (C=O) groups excluding carboxylic acids is 1. The molecule has 0 aliphatic carbocycles. The molecule has 2 aromatic heterocycles. The summed E-state index contributed by atoms with van der Waals surface area (Å²) in [6.45, 7) is 1.23. The summed E-state index contributed by atoms with van der Waals surface area (Å²) in [7, 11) is 0. The van der Waals surface area contributed by atoms with Crippen molar-refractivity contribution in [3.63, 3.8) is 0 Å². The zero-order valence-electron chi connectivity index (χ0n) is 14.3. The number of likely N-dealkylation sites (tertiary alicyclic amines) is 1. The van der Waals surface area contributed by atoms with E-state index in [0.29, 0.717) is 18.8 Å². The molecule has 3 heterocycles. The van der Waals surface area contributed by atoms with Crippen LogP contribution in [0, 0.1) is 0 Å². The molecule has 0 spiro atoms. The van der Waals surface area contributed by atoms with E-state index in [-0.39, 0.29) is 23.1 Å². The smallest absolute Gasteiger partial charge is 0.261 e. The summed E-state index contributed by atoms with van der Waals surface area (Å²) in [5.74, 6) is -0.220. The lowest BCUT2D eigenvalue weighted by atomic mass is 10.0. The Kier molecular flexibility index (Phi) is 4.39. The number of hydrogen-bond donors (Lipinski definition) is 1. The highest BCUT2D eigenvalue weighted by Crippen LogP contribution is 2.22. The van der Waals surface area contributed by atoms with Gasteiger partial charge in [-0.2, -0.15) is 5.10 Å². The largest absolute Gasteiger partial charge is 0.336 e. The van der Waals surface area contributed by atoms with Gasteiger partial charge in [0.25, 0.3) is 11.5 Å². The maximum absolute atomic E-state index is 12.9. The van der Waals surface area contributed by atoms with Crippen LogP contribution in [0.25, 0.3) is 11.3 Å². The highest BCUT2D eigenvalue weighted by Gasteiger charge is 2.27. The van der Waals surface area contributed by atoms with Crippen LogP contribution in [0.4, 0.5) is 0 Å². The molecule has 1 saturated heterocycles. The molecule has 4 rings (SSSR count). The van der Waals surface area contributed by atoms with E-state index < -0.39 is 0 Å². The maximum Gasteiger partial charge on any atom is 0.261 e. The predicted octanol–water partition coefficient (Wildman–Crippen LogP) is 2.72. The van der Waals surface area contributed by atoms with Crippen LogP contribution < -0.4 is 5.56 Å². The van der Waals surface area contributed by atoms with Gasteiger partial charge in [0, 0.05) is 31.2 Å². The van der Waals surface area contributed by atoms with Crippen molar-refractivity contribution in [2.75, 3.05) is 13.1 Å². The Morgan fingerprint density at radius 1 is 1.12 bits per heavy atom. The van der Waals surface area contributed by atoms with Gasteiger partial charge in [0.15, 0.2) is 0 Å². The number of aromatic nitrogens is 3. The number of amides is 1. The fraction of sp³-hybridized carbons (Fsp3) is 0.250. The van der Waals surface area contributed by atoms with Gasteiger partial charge in [-0.25, -0.2) is 0 Å². The van der Waals surface area contributed by atoms with Crippen LogP contribution in [-0.4, -0.2) is 38.7 Å². The summed E-state index contributed by atoms with van der Waals surface area (Å²) >= 11 is 0. The van der Waals surface area contributed by atoms with E-state index >= 15 is 0 Å². The fourth-order valence-corrected chi connectivity index (χ4v) is 3.45. The van der Waals surface area contributed by atoms with Gasteiger partial charge in [0.05, 0.1) is 6.04 Å². The topological polar surface area (TPSA) is 71.0 Å². The number of rotatable bonds is 3. The van der Waals surface area contributed by atoms with Crippen LogP contribution in [0.2, 0.25) is 0 Å². The summed E-state index contributed by atoms with van der Waals surface area (Å²) in [6.07, 6.45) is 5.54. The van der Waals surface area contributed by atoms with Gasteiger partial charge >= 0.3 is 0 Å². The standard InChI is InChI=1S/C20H20N4O2/c25-19-17(9-10-18(22-19)15-6-2-1-3-7-15)20(26)23-12-4-8-16(14-23)24-13-5-11-21-24/h1-3,5-7,9-11,13,16H,4,8,12,14H2,(H,22,25)/t16-/m1/s1. The van der Waals surface area contributed by atoms with Gasteiger partial charge in [-0.15, -0.1) is 0 Å². The third-order valence-corrected chi connectivity index (χ3v) is 4.81. The molecule has 1 atom stereocenters. The van der Waals surface area contributed by atoms with Crippen molar-refractivity contribution in [1.82, 2.24) is 19.7 Å². The number of piperidine rings is 1. The first kappa shape index (κ1) is 16.3. The molecule has 1 aromatic carbocycles. The van der Waals surface area contributed by atoms with Crippen molar-refractivity contribution < 1.29 is 4.79 Å². The second-order valence-corrected chi connectivity index (χ2v) is 6.51. The summed E-state index contributed by atoms with van der Waals surface area (Å²) in [6, 6.07) is 15.1. The Bertz CT molecular complexity index is 947. The van der Waals surface area contributed by atoms with Gasteiger partial charge in [-0.05, 0) is 36.6 Å². The van der Waals surface area contributed by atoms with Crippen molar-refractivity contribution in [1.29, 1.82) is 0 Å². The highest BCUT2D eigenvalue weighted by atomic mass is 16.2. The molecule has 6 heteroatoms. The Labute approximate surface area is 151 Å². The van der Waals surface area contributed by atoms with E-state index in [4.69, 9.17) is 0 Å². The van der Waals surface area contributed by atoms with E-state index in [0.717, 1.165) is 18.4 Å². The second kappa shape index (κ2) is 7.00. The molecule has 0 saturated carbocycles. The van der Waals surface area contributed by atoms with Gasteiger partial charge in [0.2, 0.25) is 0 Å². The fourth-order valence-electron chi connectivity index (χ4n) is 3.45. The van der Waals surface area contributed by atoms with Gasteiger partial charge < -0.3 is 9.88 Å². The molecule has 1 aliphatic rings. The van der Waals surface area contributed by atoms with Gasteiger partial charge in [0.1, 0.15) is 5.56 Å². The van der Waals surface area contributed by atoms with E-state index in [1.807, 2.05) is 47.3 Å². The monoisotopic (exact) mass is 348 g/mol. The van der Waals surface area contributed by atoms with Gasteiger partial charge in [-0.3, -0.25) is 14.3 Å².